The zero-order valence-electron chi connectivity index (χ0n) is 13.6. The van der Waals surface area contributed by atoms with Gasteiger partial charge in [0, 0.05) is 23.2 Å². The molecule has 118 valence electrons. The number of amides is 1. The minimum atomic E-state index is -0.192. The summed E-state index contributed by atoms with van der Waals surface area (Å²) in [7, 11) is 0. The number of benzene rings is 3. The van der Waals surface area contributed by atoms with Crippen molar-refractivity contribution in [1.82, 2.24) is 0 Å². The normalized spacial score (nSPS) is 19.1. The number of carbonyl (C=O) groups is 1. The van der Waals surface area contributed by atoms with Crippen molar-refractivity contribution in [3.8, 4) is 0 Å². The Morgan fingerprint density at radius 3 is 2.12 bits per heavy atom. The van der Waals surface area contributed by atoms with Crippen LogP contribution in [0, 0.1) is 0 Å². The molecule has 0 aromatic heterocycles. The lowest BCUT2D eigenvalue weighted by Gasteiger charge is -2.26. The van der Waals surface area contributed by atoms with E-state index in [1.165, 1.54) is 11.1 Å². The number of nitrogens with zero attached hydrogens (tertiary/aromatic N) is 1. The van der Waals surface area contributed by atoms with Crippen molar-refractivity contribution in [2.75, 3.05) is 11.4 Å². The predicted molar refractivity (Wildman–Crippen MR) is 97.5 cm³/mol. The number of anilines is 1. The minimum Gasteiger partial charge on any atom is -0.307 e. The number of rotatable bonds is 2. The number of fused-ring (bicyclic) bond motifs is 1. The molecule has 2 nitrogen and oxygen atoms in total. The van der Waals surface area contributed by atoms with E-state index in [2.05, 4.69) is 43.3 Å². The SMILES string of the molecule is CC1(c2ccccc2)CN(C(=O)c2ccccc2)c2ccccc21. The molecule has 0 fully saturated rings. The Morgan fingerprint density at radius 2 is 1.42 bits per heavy atom. The van der Waals surface area contributed by atoms with Crippen LogP contribution in [0.25, 0.3) is 0 Å². The van der Waals surface area contributed by atoms with Crippen LogP contribution in [-0.2, 0) is 5.41 Å². The van der Waals surface area contributed by atoms with Gasteiger partial charge in [0.2, 0.25) is 0 Å². The van der Waals surface area contributed by atoms with Crippen molar-refractivity contribution in [3.63, 3.8) is 0 Å². The third-order valence-electron chi connectivity index (χ3n) is 4.94. The maximum absolute atomic E-state index is 13.1. The van der Waals surface area contributed by atoms with E-state index in [4.69, 9.17) is 0 Å². The summed E-state index contributed by atoms with van der Waals surface area (Å²) < 4.78 is 0. The van der Waals surface area contributed by atoms with Crippen LogP contribution in [0.5, 0.6) is 0 Å². The van der Waals surface area contributed by atoms with E-state index in [1.54, 1.807) is 0 Å². The summed E-state index contributed by atoms with van der Waals surface area (Å²) in [4.78, 5) is 15.0. The fourth-order valence-corrected chi connectivity index (χ4v) is 3.63. The molecule has 0 aliphatic carbocycles. The lowest BCUT2D eigenvalue weighted by atomic mass is 9.78. The summed E-state index contributed by atoms with van der Waals surface area (Å²) >= 11 is 0. The highest BCUT2D eigenvalue weighted by atomic mass is 16.2. The van der Waals surface area contributed by atoms with E-state index in [0.717, 1.165) is 11.3 Å². The fourth-order valence-electron chi connectivity index (χ4n) is 3.63. The van der Waals surface area contributed by atoms with Crippen molar-refractivity contribution in [2.45, 2.75) is 12.3 Å². The molecule has 0 N–H and O–H groups in total. The van der Waals surface area contributed by atoms with Crippen LogP contribution in [0.1, 0.15) is 28.4 Å². The first-order valence-corrected chi connectivity index (χ1v) is 8.22. The van der Waals surface area contributed by atoms with Crippen molar-refractivity contribution < 1.29 is 4.79 Å². The van der Waals surface area contributed by atoms with E-state index in [9.17, 15) is 4.79 Å². The molecular formula is C22H19NO. The molecule has 3 aromatic carbocycles. The molecule has 1 heterocycles. The van der Waals surface area contributed by atoms with Crippen LogP contribution in [0.15, 0.2) is 84.9 Å². The first kappa shape index (κ1) is 14.7. The van der Waals surface area contributed by atoms with Crippen LogP contribution in [0.2, 0.25) is 0 Å². The molecule has 1 aliphatic rings. The van der Waals surface area contributed by atoms with Gasteiger partial charge in [-0.3, -0.25) is 4.79 Å². The standard InChI is InChI=1S/C22H19NO/c1-22(18-12-6-3-7-13-18)16-23(20-15-9-8-14-19(20)22)21(24)17-10-4-2-5-11-17/h2-15H,16H2,1H3. The average molecular weight is 313 g/mol. The highest BCUT2D eigenvalue weighted by molar-refractivity contribution is 6.07. The van der Waals surface area contributed by atoms with Gasteiger partial charge in [-0.15, -0.1) is 0 Å². The third kappa shape index (κ3) is 2.23. The number of hydrogen-bond acceptors (Lipinski definition) is 1. The van der Waals surface area contributed by atoms with E-state index < -0.39 is 0 Å². The largest absolute Gasteiger partial charge is 0.307 e. The molecule has 0 spiro atoms. The van der Waals surface area contributed by atoms with Crippen LogP contribution in [0.3, 0.4) is 0 Å². The van der Waals surface area contributed by atoms with Crippen LogP contribution in [-0.4, -0.2) is 12.5 Å². The van der Waals surface area contributed by atoms with Gasteiger partial charge in [0.15, 0.2) is 0 Å². The maximum atomic E-state index is 13.1. The topological polar surface area (TPSA) is 20.3 Å². The van der Waals surface area contributed by atoms with Gasteiger partial charge < -0.3 is 4.90 Å². The molecule has 4 rings (SSSR count). The molecule has 0 radical (unpaired) electrons. The first-order valence-electron chi connectivity index (χ1n) is 8.22. The predicted octanol–water partition coefficient (Wildman–Crippen LogP) is 4.65. The first-order chi connectivity index (χ1) is 11.7. The van der Waals surface area contributed by atoms with Gasteiger partial charge in [-0.2, -0.15) is 0 Å². The third-order valence-corrected chi connectivity index (χ3v) is 4.94. The van der Waals surface area contributed by atoms with Gasteiger partial charge in [0.05, 0.1) is 0 Å². The van der Waals surface area contributed by atoms with Gasteiger partial charge in [-0.25, -0.2) is 0 Å². The van der Waals surface area contributed by atoms with E-state index >= 15 is 0 Å². The fraction of sp³-hybridized carbons (Fsp3) is 0.136. The Balaban J connectivity index is 1.81. The Bertz CT molecular complexity index is 873. The van der Waals surface area contributed by atoms with Crippen molar-refractivity contribution in [2.24, 2.45) is 0 Å². The summed E-state index contributed by atoms with van der Waals surface area (Å²) in [5, 5.41) is 0. The summed E-state index contributed by atoms with van der Waals surface area (Å²) in [6, 6.07) is 28.2. The monoisotopic (exact) mass is 313 g/mol. The van der Waals surface area contributed by atoms with Crippen LogP contribution < -0.4 is 4.90 Å². The van der Waals surface area contributed by atoms with Crippen LogP contribution >= 0.6 is 0 Å². The average Bonchev–Trinajstić information content (AvgIpc) is 2.97. The highest BCUT2D eigenvalue weighted by Gasteiger charge is 2.42. The molecule has 0 saturated carbocycles. The van der Waals surface area contributed by atoms with E-state index in [0.29, 0.717) is 6.54 Å². The summed E-state index contributed by atoms with van der Waals surface area (Å²) in [6.45, 7) is 2.88. The Kier molecular flexibility index (Phi) is 3.46. The van der Waals surface area contributed by atoms with Gasteiger partial charge in [-0.05, 0) is 36.2 Å². The van der Waals surface area contributed by atoms with Crippen molar-refractivity contribution in [1.29, 1.82) is 0 Å². The van der Waals surface area contributed by atoms with Gasteiger partial charge in [0.25, 0.3) is 5.91 Å². The molecule has 1 unspecified atom stereocenters. The van der Waals surface area contributed by atoms with Gasteiger partial charge >= 0.3 is 0 Å². The molecule has 3 aromatic rings. The lowest BCUT2D eigenvalue weighted by molar-refractivity contribution is 0.0986. The molecule has 24 heavy (non-hydrogen) atoms. The number of carbonyl (C=O) groups excluding carboxylic acids is 1. The van der Waals surface area contributed by atoms with Crippen molar-refractivity contribution >= 4 is 11.6 Å². The molecule has 1 atom stereocenters. The van der Waals surface area contributed by atoms with E-state index in [-0.39, 0.29) is 11.3 Å². The second-order valence-electron chi connectivity index (χ2n) is 6.47. The maximum Gasteiger partial charge on any atom is 0.258 e. The summed E-state index contributed by atoms with van der Waals surface area (Å²) in [5.74, 6) is 0.0581. The molecule has 1 amide bonds. The Labute approximate surface area is 142 Å². The molecule has 1 aliphatic heterocycles. The second-order valence-corrected chi connectivity index (χ2v) is 6.47. The van der Waals surface area contributed by atoms with Gasteiger partial charge in [0.1, 0.15) is 0 Å². The summed E-state index contributed by atoms with van der Waals surface area (Å²) in [5.41, 5.74) is 3.99. The van der Waals surface area contributed by atoms with Crippen LogP contribution in [0.4, 0.5) is 5.69 Å². The summed E-state index contributed by atoms with van der Waals surface area (Å²) in [6.07, 6.45) is 0. The van der Waals surface area contributed by atoms with Crippen molar-refractivity contribution in [3.05, 3.63) is 102 Å². The van der Waals surface area contributed by atoms with Gasteiger partial charge in [-0.1, -0.05) is 66.7 Å². The minimum absolute atomic E-state index is 0.0581. The molecule has 0 bridgehead atoms. The Hall–Kier alpha value is -2.87. The zero-order valence-corrected chi connectivity index (χ0v) is 13.6. The molecule has 0 saturated heterocycles. The quantitative estimate of drug-likeness (QED) is 0.674. The van der Waals surface area contributed by atoms with E-state index in [1.807, 2.05) is 53.4 Å². The Morgan fingerprint density at radius 1 is 0.833 bits per heavy atom. The molecule has 2 heteroatoms. The zero-order chi connectivity index (χ0) is 16.6. The number of hydrogen-bond donors (Lipinski definition) is 0. The smallest absolute Gasteiger partial charge is 0.258 e. The second kappa shape index (κ2) is 5.64. The molecular weight excluding hydrogens is 294 g/mol. The number of para-hydroxylation sites is 1. The lowest BCUT2D eigenvalue weighted by Crippen LogP contribution is -2.36. The highest BCUT2D eigenvalue weighted by Crippen LogP contribution is 2.45.